The van der Waals surface area contributed by atoms with Crippen LogP contribution in [0.25, 0.3) is 10.7 Å². The normalized spacial score (nSPS) is 15.8. The fourth-order valence-corrected chi connectivity index (χ4v) is 4.91. The van der Waals surface area contributed by atoms with Gasteiger partial charge in [0.1, 0.15) is 6.04 Å². The van der Waals surface area contributed by atoms with Gasteiger partial charge in [0.15, 0.2) is 10.6 Å². The van der Waals surface area contributed by atoms with Crippen LogP contribution in [0.5, 0.6) is 0 Å². The molecule has 1 aliphatic heterocycles. The number of carbonyl (C=O) groups excluding carboxylic acids is 1. The minimum atomic E-state index is -0.496. The number of H-pyrrole nitrogens is 1. The highest BCUT2D eigenvalue weighted by Crippen LogP contribution is 2.27. The second kappa shape index (κ2) is 9.33. The van der Waals surface area contributed by atoms with Crippen LogP contribution in [0, 0.1) is 11.7 Å². The smallest absolute Gasteiger partial charge is 0.247 e. The zero-order chi connectivity index (χ0) is 22.0. The Labute approximate surface area is 191 Å². The minimum absolute atomic E-state index is 0.122. The third kappa shape index (κ3) is 4.58. The number of hydrogen-bond donors (Lipinski definition) is 2. The van der Waals surface area contributed by atoms with E-state index in [4.69, 9.17) is 12.2 Å². The highest BCUT2D eigenvalue weighted by Gasteiger charge is 2.22. The highest BCUT2D eigenvalue weighted by molar-refractivity contribution is 7.71. The zero-order valence-electron chi connectivity index (χ0n) is 18.1. The van der Waals surface area contributed by atoms with E-state index in [1.807, 2.05) is 37.4 Å². The molecule has 31 heavy (non-hydrogen) atoms. The molecular weight excluding hydrogens is 428 g/mol. The molecular formula is C22H28N6OS2. The highest BCUT2D eigenvalue weighted by atomic mass is 32.1. The van der Waals surface area contributed by atoms with Crippen LogP contribution in [0.2, 0.25) is 0 Å². The molecule has 164 valence electrons. The van der Waals surface area contributed by atoms with Crippen molar-refractivity contribution >= 4 is 40.8 Å². The van der Waals surface area contributed by atoms with Gasteiger partial charge in [-0.05, 0) is 67.8 Å². The first-order valence-corrected chi connectivity index (χ1v) is 11.9. The van der Waals surface area contributed by atoms with Crippen molar-refractivity contribution in [3.8, 4) is 10.7 Å². The van der Waals surface area contributed by atoms with Gasteiger partial charge in [0.05, 0.1) is 4.88 Å². The van der Waals surface area contributed by atoms with Gasteiger partial charge in [0, 0.05) is 37.6 Å². The molecule has 2 aromatic heterocycles. The number of nitrogens with zero attached hydrogens (tertiary/aromatic N) is 4. The summed E-state index contributed by atoms with van der Waals surface area (Å²) >= 11 is 6.97. The van der Waals surface area contributed by atoms with Gasteiger partial charge in [-0.2, -0.15) is 5.10 Å². The average Bonchev–Trinajstić information content (AvgIpc) is 3.44. The molecule has 0 bridgehead atoms. The summed E-state index contributed by atoms with van der Waals surface area (Å²) in [6, 6.07) is 9.68. The molecule has 4 rings (SSSR count). The summed E-state index contributed by atoms with van der Waals surface area (Å²) < 4.78 is 2.21. The Morgan fingerprint density at radius 2 is 2.06 bits per heavy atom. The van der Waals surface area contributed by atoms with Crippen LogP contribution < -0.4 is 10.2 Å². The number of thiophene rings is 1. The first-order valence-electron chi connectivity index (χ1n) is 10.6. The molecule has 1 amide bonds. The van der Waals surface area contributed by atoms with E-state index in [2.05, 4.69) is 44.4 Å². The van der Waals surface area contributed by atoms with Gasteiger partial charge >= 0.3 is 0 Å². The molecule has 1 saturated heterocycles. The lowest BCUT2D eigenvalue weighted by molar-refractivity contribution is -0.118. The van der Waals surface area contributed by atoms with Crippen LogP contribution >= 0.6 is 23.6 Å². The number of aromatic amines is 1. The Balaban J connectivity index is 1.48. The van der Waals surface area contributed by atoms with Crippen molar-refractivity contribution in [3.05, 3.63) is 46.0 Å². The quantitative estimate of drug-likeness (QED) is 0.541. The molecule has 0 radical (unpaired) electrons. The Hall–Kier alpha value is -2.49. The number of anilines is 2. The summed E-state index contributed by atoms with van der Waals surface area (Å²) in [5, 5.41) is 12.2. The Kier molecular flexibility index (Phi) is 6.54. The van der Waals surface area contributed by atoms with Crippen molar-refractivity contribution < 1.29 is 4.79 Å². The van der Waals surface area contributed by atoms with Crippen LogP contribution in [-0.2, 0) is 4.79 Å². The lowest BCUT2D eigenvalue weighted by Crippen LogP contribution is -2.46. The van der Waals surface area contributed by atoms with Gasteiger partial charge < -0.3 is 15.1 Å². The number of aryl methyl sites for hydroxylation is 1. The van der Waals surface area contributed by atoms with Gasteiger partial charge in [-0.3, -0.25) is 14.5 Å². The molecule has 0 saturated carbocycles. The van der Waals surface area contributed by atoms with Crippen LogP contribution in [-0.4, -0.2) is 58.3 Å². The van der Waals surface area contributed by atoms with Crippen LogP contribution in [0.3, 0.4) is 0 Å². The van der Waals surface area contributed by atoms with E-state index in [9.17, 15) is 4.79 Å². The number of amides is 1. The SMILES string of the molecule is CCN1CCN(c2ccc(NC(=O)C(C)n3c(-c4cccs4)n[nH]c3=S)c(C)c2)CC1. The summed E-state index contributed by atoms with van der Waals surface area (Å²) in [6.45, 7) is 11.4. The number of hydrogen-bond acceptors (Lipinski definition) is 6. The van der Waals surface area contributed by atoms with Crippen molar-refractivity contribution in [1.29, 1.82) is 0 Å². The summed E-state index contributed by atoms with van der Waals surface area (Å²) in [7, 11) is 0. The molecule has 1 fully saturated rings. The van der Waals surface area contributed by atoms with Gasteiger partial charge in [0.2, 0.25) is 5.91 Å². The molecule has 2 N–H and O–H groups in total. The number of aromatic nitrogens is 3. The summed E-state index contributed by atoms with van der Waals surface area (Å²) in [4.78, 5) is 18.9. The third-order valence-corrected chi connectivity index (χ3v) is 7.02. The Bertz CT molecular complexity index is 1100. The zero-order valence-corrected chi connectivity index (χ0v) is 19.7. The Morgan fingerprint density at radius 3 is 2.71 bits per heavy atom. The Morgan fingerprint density at radius 1 is 1.29 bits per heavy atom. The van der Waals surface area contributed by atoms with Gasteiger partial charge in [-0.1, -0.05) is 13.0 Å². The first kappa shape index (κ1) is 21.7. The van der Waals surface area contributed by atoms with Gasteiger partial charge in [0.25, 0.3) is 0 Å². The van der Waals surface area contributed by atoms with E-state index in [-0.39, 0.29) is 5.91 Å². The lowest BCUT2D eigenvalue weighted by Gasteiger charge is -2.35. The number of nitrogens with one attached hydrogen (secondary N) is 2. The molecule has 1 aliphatic rings. The topological polar surface area (TPSA) is 69.2 Å². The maximum absolute atomic E-state index is 13.1. The van der Waals surface area contributed by atoms with Crippen LogP contribution in [0.15, 0.2) is 35.7 Å². The molecule has 3 aromatic rings. The molecule has 1 atom stereocenters. The van der Waals surface area contributed by atoms with Crippen molar-refractivity contribution in [2.45, 2.75) is 26.8 Å². The predicted octanol–water partition coefficient (Wildman–Crippen LogP) is 4.32. The molecule has 0 spiro atoms. The first-order chi connectivity index (χ1) is 15.0. The van der Waals surface area contributed by atoms with E-state index < -0.39 is 6.04 Å². The van der Waals surface area contributed by atoms with Gasteiger partial charge in [-0.15, -0.1) is 11.3 Å². The van der Waals surface area contributed by atoms with Gasteiger partial charge in [-0.25, -0.2) is 0 Å². The molecule has 1 aromatic carbocycles. The largest absolute Gasteiger partial charge is 0.369 e. The maximum Gasteiger partial charge on any atom is 0.247 e. The van der Waals surface area contributed by atoms with E-state index in [0.29, 0.717) is 10.6 Å². The van der Waals surface area contributed by atoms with E-state index in [0.717, 1.165) is 48.9 Å². The van der Waals surface area contributed by atoms with Crippen LogP contribution in [0.1, 0.15) is 25.5 Å². The summed E-state index contributed by atoms with van der Waals surface area (Å²) in [5.41, 5.74) is 3.07. The molecule has 7 nitrogen and oxygen atoms in total. The molecule has 3 heterocycles. The van der Waals surface area contributed by atoms with Crippen molar-refractivity contribution in [1.82, 2.24) is 19.7 Å². The molecule has 0 aliphatic carbocycles. The summed E-state index contributed by atoms with van der Waals surface area (Å²) in [5.74, 6) is 0.559. The third-order valence-electron chi connectivity index (χ3n) is 5.87. The van der Waals surface area contributed by atoms with Crippen LogP contribution in [0.4, 0.5) is 11.4 Å². The summed E-state index contributed by atoms with van der Waals surface area (Å²) in [6.07, 6.45) is 0. The fourth-order valence-electron chi connectivity index (χ4n) is 3.91. The van der Waals surface area contributed by atoms with Crippen molar-refractivity contribution in [3.63, 3.8) is 0 Å². The number of piperazine rings is 1. The maximum atomic E-state index is 13.1. The molecule has 1 unspecified atom stereocenters. The van der Waals surface area contributed by atoms with E-state index >= 15 is 0 Å². The van der Waals surface area contributed by atoms with Crippen molar-refractivity contribution in [2.24, 2.45) is 0 Å². The number of carbonyl (C=O) groups is 1. The second-order valence-electron chi connectivity index (χ2n) is 7.79. The predicted molar refractivity (Wildman–Crippen MR) is 130 cm³/mol. The minimum Gasteiger partial charge on any atom is -0.369 e. The lowest BCUT2D eigenvalue weighted by atomic mass is 10.1. The number of benzene rings is 1. The molecule has 9 heteroatoms. The van der Waals surface area contributed by atoms with E-state index in [1.165, 1.54) is 5.69 Å². The average molecular weight is 457 g/mol. The number of rotatable bonds is 6. The van der Waals surface area contributed by atoms with E-state index in [1.54, 1.807) is 15.9 Å². The fraction of sp³-hybridized carbons (Fsp3) is 0.409. The number of likely N-dealkylation sites (N-methyl/N-ethyl adjacent to an activating group) is 1. The second-order valence-corrected chi connectivity index (χ2v) is 9.12. The van der Waals surface area contributed by atoms with Crippen molar-refractivity contribution in [2.75, 3.05) is 42.9 Å². The standard InChI is InChI=1S/C22H28N6OS2/c1-4-26-9-11-27(12-10-26)17-7-8-18(15(2)14-17)23-21(29)16(3)28-20(24-25-22(28)30)19-6-5-13-31-19/h5-8,13-14,16H,4,9-12H2,1-3H3,(H,23,29)(H,25,30). The monoisotopic (exact) mass is 456 g/mol.